The summed E-state index contributed by atoms with van der Waals surface area (Å²) in [5.74, 6) is 0. The van der Waals surface area contributed by atoms with Gasteiger partial charge in [0.2, 0.25) is 0 Å². The van der Waals surface area contributed by atoms with Crippen molar-refractivity contribution in [1.82, 2.24) is 9.97 Å². The fourth-order valence-corrected chi connectivity index (χ4v) is 8.02. The van der Waals surface area contributed by atoms with E-state index >= 15 is 0 Å². The van der Waals surface area contributed by atoms with Gasteiger partial charge in [0.1, 0.15) is 0 Å². The predicted octanol–water partition coefficient (Wildman–Crippen LogP) is 13.7. The van der Waals surface area contributed by atoms with E-state index in [0.29, 0.717) is 0 Å². The van der Waals surface area contributed by atoms with Gasteiger partial charge in [-0.3, -0.25) is 0 Å². The number of fused-ring (bicyclic) bond motifs is 3. The monoisotopic (exact) mass is 729 g/mol. The van der Waals surface area contributed by atoms with Gasteiger partial charge in [-0.2, -0.15) is 0 Å². The molecule has 0 unspecified atom stereocenters. The van der Waals surface area contributed by atoms with Crippen LogP contribution in [0.15, 0.2) is 212 Å². The molecule has 9 aromatic rings. The highest BCUT2D eigenvalue weighted by Crippen LogP contribution is 2.41. The Morgan fingerprint density at radius 2 is 0.667 bits per heavy atom. The standard InChI is InChI=1S/C54H39N3/c1-6-16-38(17-7-1)51-32-45(33-52(55-51)39-18-8-2-9-19-39)42-28-29-49-47(30-42)37-57(48-24-14-5-15-25-48)36-44-27-26-43(31-50(44)49)46-34-53(40-20-10-3-11-21-40)56-54(35-46)41-22-12-4-13-23-41/h1-35H,36-37H2. The van der Waals surface area contributed by atoms with E-state index in [1.807, 2.05) is 0 Å². The Morgan fingerprint density at radius 3 is 1.12 bits per heavy atom. The first-order valence-corrected chi connectivity index (χ1v) is 19.5. The Morgan fingerprint density at radius 1 is 0.281 bits per heavy atom. The highest BCUT2D eigenvalue weighted by atomic mass is 15.1. The van der Waals surface area contributed by atoms with Crippen molar-refractivity contribution in [3.63, 3.8) is 0 Å². The first kappa shape index (κ1) is 34.2. The first-order chi connectivity index (χ1) is 28.2. The molecule has 3 heteroatoms. The van der Waals surface area contributed by atoms with Crippen LogP contribution in [0.1, 0.15) is 11.1 Å². The SMILES string of the molecule is c1ccc(-c2cc(-c3ccc4c(c3)CN(c3ccccc3)Cc3ccc(-c5cc(-c6ccccc6)nc(-c6ccccc6)c5)cc3-4)cc(-c3ccccc3)n2)cc1. The van der Waals surface area contributed by atoms with E-state index in [0.717, 1.165) is 69.2 Å². The van der Waals surface area contributed by atoms with Crippen LogP contribution in [-0.2, 0) is 13.1 Å². The van der Waals surface area contributed by atoms with Crippen molar-refractivity contribution in [1.29, 1.82) is 0 Å². The van der Waals surface area contributed by atoms with E-state index in [-0.39, 0.29) is 0 Å². The molecule has 10 rings (SSSR count). The minimum atomic E-state index is 0.783. The number of nitrogens with zero attached hydrogens (tertiary/aromatic N) is 3. The molecule has 1 aliphatic rings. The second-order valence-electron chi connectivity index (χ2n) is 14.7. The highest BCUT2D eigenvalue weighted by molar-refractivity contribution is 5.85. The molecule has 0 atom stereocenters. The molecule has 2 aromatic heterocycles. The summed E-state index contributed by atoms with van der Waals surface area (Å²) in [7, 11) is 0. The van der Waals surface area contributed by atoms with Gasteiger partial charge < -0.3 is 4.90 Å². The molecule has 270 valence electrons. The van der Waals surface area contributed by atoms with Crippen LogP contribution in [0, 0.1) is 0 Å². The molecule has 1 aliphatic heterocycles. The van der Waals surface area contributed by atoms with E-state index in [1.165, 1.54) is 39.1 Å². The number of benzene rings is 7. The van der Waals surface area contributed by atoms with Crippen LogP contribution < -0.4 is 4.90 Å². The summed E-state index contributed by atoms with van der Waals surface area (Å²) in [5.41, 5.74) is 19.2. The van der Waals surface area contributed by atoms with Gasteiger partial charge in [0.15, 0.2) is 0 Å². The number of pyridine rings is 2. The average Bonchev–Trinajstić information content (AvgIpc) is 3.46. The van der Waals surface area contributed by atoms with Crippen molar-refractivity contribution in [3.05, 3.63) is 223 Å². The number of aromatic nitrogens is 2. The topological polar surface area (TPSA) is 29.0 Å². The smallest absolute Gasteiger partial charge is 0.0715 e. The molecule has 0 saturated heterocycles. The minimum absolute atomic E-state index is 0.783. The first-order valence-electron chi connectivity index (χ1n) is 19.5. The fourth-order valence-electron chi connectivity index (χ4n) is 8.02. The molecule has 0 spiro atoms. The van der Waals surface area contributed by atoms with Gasteiger partial charge in [-0.1, -0.05) is 164 Å². The van der Waals surface area contributed by atoms with Crippen LogP contribution in [0.4, 0.5) is 5.69 Å². The lowest BCUT2D eigenvalue weighted by molar-refractivity contribution is 0.812. The fraction of sp³-hybridized carbons (Fsp3) is 0.0370. The lowest BCUT2D eigenvalue weighted by Crippen LogP contribution is -2.20. The zero-order valence-electron chi connectivity index (χ0n) is 31.5. The molecule has 0 saturated carbocycles. The number of rotatable bonds is 7. The van der Waals surface area contributed by atoms with Crippen molar-refractivity contribution in [2.45, 2.75) is 13.1 Å². The third-order valence-corrected chi connectivity index (χ3v) is 10.9. The van der Waals surface area contributed by atoms with Crippen molar-refractivity contribution in [3.8, 4) is 78.4 Å². The molecule has 3 nitrogen and oxygen atoms in total. The molecular weight excluding hydrogens is 691 g/mol. The van der Waals surface area contributed by atoms with Crippen LogP contribution in [0.25, 0.3) is 78.4 Å². The Balaban J connectivity index is 1.13. The van der Waals surface area contributed by atoms with Crippen LogP contribution >= 0.6 is 0 Å². The highest BCUT2D eigenvalue weighted by Gasteiger charge is 2.22. The van der Waals surface area contributed by atoms with Crippen LogP contribution in [0.2, 0.25) is 0 Å². The Hall–Kier alpha value is -7.36. The minimum Gasteiger partial charge on any atom is -0.363 e. The maximum atomic E-state index is 5.16. The summed E-state index contributed by atoms with van der Waals surface area (Å²) in [5, 5.41) is 0. The van der Waals surface area contributed by atoms with Crippen molar-refractivity contribution in [2.75, 3.05) is 4.90 Å². The van der Waals surface area contributed by atoms with E-state index in [1.54, 1.807) is 0 Å². The van der Waals surface area contributed by atoms with E-state index in [4.69, 9.17) is 9.97 Å². The second-order valence-corrected chi connectivity index (χ2v) is 14.7. The van der Waals surface area contributed by atoms with Crippen LogP contribution in [-0.4, -0.2) is 9.97 Å². The lowest BCUT2D eigenvalue weighted by atomic mass is 9.90. The summed E-state index contributed by atoms with van der Waals surface area (Å²) in [6.07, 6.45) is 0. The molecule has 57 heavy (non-hydrogen) atoms. The summed E-state index contributed by atoms with van der Waals surface area (Å²) < 4.78 is 0. The molecule has 3 heterocycles. The predicted molar refractivity (Wildman–Crippen MR) is 236 cm³/mol. The zero-order chi connectivity index (χ0) is 38.0. The summed E-state index contributed by atoms with van der Waals surface area (Å²) >= 11 is 0. The number of para-hydroxylation sites is 1. The van der Waals surface area contributed by atoms with E-state index < -0.39 is 0 Å². The average molecular weight is 730 g/mol. The number of anilines is 1. The third kappa shape index (κ3) is 7.03. The van der Waals surface area contributed by atoms with E-state index in [9.17, 15) is 0 Å². The molecule has 0 bridgehead atoms. The number of hydrogen-bond acceptors (Lipinski definition) is 3. The van der Waals surface area contributed by atoms with E-state index in [2.05, 4.69) is 217 Å². The molecule has 7 aromatic carbocycles. The third-order valence-electron chi connectivity index (χ3n) is 10.9. The van der Waals surface area contributed by atoms with Gasteiger partial charge in [0.25, 0.3) is 0 Å². The molecule has 0 aliphatic carbocycles. The quantitative estimate of drug-likeness (QED) is 0.164. The molecular formula is C54H39N3. The molecule has 0 amide bonds. The Kier molecular flexibility index (Phi) is 9.02. The van der Waals surface area contributed by atoms with Crippen molar-refractivity contribution in [2.24, 2.45) is 0 Å². The van der Waals surface area contributed by atoms with Crippen LogP contribution in [0.5, 0.6) is 0 Å². The molecule has 0 fully saturated rings. The summed E-state index contributed by atoms with van der Waals surface area (Å²) in [6, 6.07) is 75.7. The second kappa shape index (κ2) is 15.1. The van der Waals surface area contributed by atoms with Gasteiger partial charge in [0.05, 0.1) is 22.8 Å². The zero-order valence-corrected chi connectivity index (χ0v) is 31.5. The van der Waals surface area contributed by atoms with Crippen molar-refractivity contribution < 1.29 is 0 Å². The van der Waals surface area contributed by atoms with Gasteiger partial charge in [-0.05, 0) is 93.0 Å². The van der Waals surface area contributed by atoms with Gasteiger partial charge in [-0.25, -0.2) is 9.97 Å². The molecule has 0 N–H and O–H groups in total. The van der Waals surface area contributed by atoms with Gasteiger partial charge >= 0.3 is 0 Å². The summed E-state index contributed by atoms with van der Waals surface area (Å²) in [4.78, 5) is 12.8. The van der Waals surface area contributed by atoms with Crippen LogP contribution in [0.3, 0.4) is 0 Å². The molecule has 0 radical (unpaired) electrons. The largest absolute Gasteiger partial charge is 0.363 e. The van der Waals surface area contributed by atoms with Gasteiger partial charge in [-0.15, -0.1) is 0 Å². The summed E-state index contributed by atoms with van der Waals surface area (Å²) in [6.45, 7) is 1.58. The maximum Gasteiger partial charge on any atom is 0.0715 e. The van der Waals surface area contributed by atoms with Crippen molar-refractivity contribution >= 4 is 5.69 Å². The lowest BCUT2D eigenvalue weighted by Gasteiger charge is -2.24. The maximum absolute atomic E-state index is 5.16. The normalized spacial score (nSPS) is 12.0. The van der Waals surface area contributed by atoms with Gasteiger partial charge in [0, 0.05) is 41.0 Å². The Labute approximate surface area is 334 Å². The Bertz CT molecular complexity index is 2700. The number of hydrogen-bond donors (Lipinski definition) is 0.